The van der Waals surface area contributed by atoms with Gasteiger partial charge in [0.1, 0.15) is 17.0 Å². The molecule has 10 nitrogen and oxygen atoms in total. The highest BCUT2D eigenvalue weighted by atomic mass is 32.1. The van der Waals surface area contributed by atoms with Gasteiger partial charge in [-0.25, -0.2) is 14.6 Å². The number of hydrogen-bond donors (Lipinski definition) is 2. The maximum atomic E-state index is 13.2. The maximum Gasteiger partial charge on any atom is 0.414 e. The standard InChI is InChI=1S/C32H42N4O6S/c1-20(2)40-26-18-21(3)10-15-25(26)27(37)33-22-11-13-24(14-12-22)36(30(39)42-32(7,8)9)17-16-23-19-43-28(34-23)35-29(38)41-31(4,5)6/h10-15,18-20H,16-17H2,1-9H3,(H,33,37)(H,34,35,38). The van der Waals surface area contributed by atoms with Gasteiger partial charge in [-0.05, 0) is 104 Å². The number of benzene rings is 2. The van der Waals surface area contributed by atoms with Crippen LogP contribution in [-0.4, -0.2) is 46.9 Å². The fourth-order valence-corrected chi connectivity index (χ4v) is 4.56. The highest BCUT2D eigenvalue weighted by Crippen LogP contribution is 2.26. The van der Waals surface area contributed by atoms with Crippen molar-refractivity contribution in [2.75, 3.05) is 22.1 Å². The van der Waals surface area contributed by atoms with Gasteiger partial charge in [0.05, 0.1) is 17.4 Å². The molecular weight excluding hydrogens is 568 g/mol. The second-order valence-corrected chi connectivity index (χ2v) is 13.2. The normalized spacial score (nSPS) is 11.6. The van der Waals surface area contributed by atoms with E-state index in [-0.39, 0.29) is 18.6 Å². The van der Waals surface area contributed by atoms with Gasteiger partial charge < -0.3 is 19.5 Å². The summed E-state index contributed by atoms with van der Waals surface area (Å²) in [6.45, 7) is 16.8. The Morgan fingerprint density at radius 2 is 1.58 bits per heavy atom. The van der Waals surface area contributed by atoms with Crippen LogP contribution in [0.3, 0.4) is 0 Å². The summed E-state index contributed by atoms with van der Waals surface area (Å²) in [7, 11) is 0. The lowest BCUT2D eigenvalue weighted by Gasteiger charge is -2.27. The topological polar surface area (TPSA) is 119 Å². The van der Waals surface area contributed by atoms with Crippen molar-refractivity contribution in [3.63, 3.8) is 0 Å². The van der Waals surface area contributed by atoms with Crippen LogP contribution in [0.4, 0.5) is 26.1 Å². The Morgan fingerprint density at radius 1 is 0.930 bits per heavy atom. The van der Waals surface area contributed by atoms with Crippen LogP contribution in [0.1, 0.15) is 77.0 Å². The summed E-state index contributed by atoms with van der Waals surface area (Å²) in [4.78, 5) is 44.4. The summed E-state index contributed by atoms with van der Waals surface area (Å²) in [6.07, 6.45) is -0.761. The lowest BCUT2D eigenvalue weighted by molar-refractivity contribution is 0.0578. The summed E-state index contributed by atoms with van der Waals surface area (Å²) >= 11 is 1.27. The molecule has 2 aromatic carbocycles. The van der Waals surface area contributed by atoms with E-state index in [2.05, 4.69) is 15.6 Å². The van der Waals surface area contributed by atoms with E-state index in [1.807, 2.05) is 38.3 Å². The van der Waals surface area contributed by atoms with Crippen molar-refractivity contribution in [3.8, 4) is 5.75 Å². The van der Waals surface area contributed by atoms with Crippen molar-refractivity contribution in [3.05, 3.63) is 64.7 Å². The first-order valence-corrected chi connectivity index (χ1v) is 15.0. The van der Waals surface area contributed by atoms with Gasteiger partial charge in [0.25, 0.3) is 5.91 Å². The first-order chi connectivity index (χ1) is 20.0. The number of nitrogens with zero attached hydrogens (tertiary/aromatic N) is 2. The Kier molecular flexibility index (Phi) is 10.8. The predicted molar refractivity (Wildman–Crippen MR) is 171 cm³/mol. The van der Waals surface area contributed by atoms with Crippen molar-refractivity contribution < 1.29 is 28.6 Å². The number of carbonyl (C=O) groups excluding carboxylic acids is 3. The summed E-state index contributed by atoms with van der Waals surface area (Å²) < 4.78 is 16.8. The van der Waals surface area contributed by atoms with Crippen LogP contribution in [-0.2, 0) is 15.9 Å². The molecule has 3 rings (SSSR count). The third-order valence-corrected chi connectivity index (χ3v) is 6.35. The van der Waals surface area contributed by atoms with E-state index >= 15 is 0 Å². The van der Waals surface area contributed by atoms with Gasteiger partial charge in [0.2, 0.25) is 0 Å². The number of thiazole rings is 1. The zero-order valence-electron chi connectivity index (χ0n) is 26.4. The molecule has 0 unspecified atom stereocenters. The molecule has 0 bridgehead atoms. The van der Waals surface area contributed by atoms with Gasteiger partial charge in [-0.1, -0.05) is 6.07 Å². The average Bonchev–Trinajstić information content (AvgIpc) is 3.29. The molecule has 0 fully saturated rings. The van der Waals surface area contributed by atoms with E-state index in [0.717, 1.165) is 5.56 Å². The number of carbonyl (C=O) groups is 3. The van der Waals surface area contributed by atoms with Crippen LogP contribution in [0.25, 0.3) is 0 Å². The average molecular weight is 611 g/mol. The third-order valence-electron chi connectivity index (χ3n) is 5.55. The summed E-state index contributed by atoms with van der Waals surface area (Å²) in [5.74, 6) is 0.221. The van der Waals surface area contributed by atoms with Crippen molar-refractivity contribution >= 4 is 45.9 Å². The van der Waals surface area contributed by atoms with E-state index in [1.165, 1.54) is 16.2 Å². The van der Waals surface area contributed by atoms with Crippen LogP contribution in [0, 0.1) is 6.92 Å². The molecule has 0 aliphatic carbocycles. The smallest absolute Gasteiger partial charge is 0.414 e. The molecule has 232 valence electrons. The third kappa shape index (κ3) is 10.9. The molecule has 0 saturated heterocycles. The van der Waals surface area contributed by atoms with Gasteiger partial charge in [0.15, 0.2) is 5.13 Å². The fourth-order valence-electron chi connectivity index (χ4n) is 3.83. The minimum Gasteiger partial charge on any atom is -0.490 e. The Hall–Kier alpha value is -4.12. The highest BCUT2D eigenvalue weighted by molar-refractivity contribution is 7.13. The van der Waals surface area contributed by atoms with E-state index in [4.69, 9.17) is 14.2 Å². The highest BCUT2D eigenvalue weighted by Gasteiger charge is 2.24. The molecule has 3 aromatic rings. The molecule has 1 heterocycles. The SMILES string of the molecule is Cc1ccc(C(=O)Nc2ccc(N(CCc3csc(NC(=O)OC(C)(C)C)n3)C(=O)OC(C)(C)C)cc2)c(OC(C)C)c1. The van der Waals surface area contributed by atoms with Gasteiger partial charge in [0, 0.05) is 29.7 Å². The first-order valence-electron chi connectivity index (χ1n) is 14.1. The number of hydrogen-bond acceptors (Lipinski definition) is 8. The molecule has 1 aromatic heterocycles. The molecule has 3 amide bonds. The van der Waals surface area contributed by atoms with E-state index in [0.29, 0.717) is 39.9 Å². The fraction of sp³-hybridized carbons (Fsp3) is 0.438. The minimum atomic E-state index is -0.696. The van der Waals surface area contributed by atoms with E-state index < -0.39 is 23.4 Å². The Morgan fingerprint density at radius 3 is 2.19 bits per heavy atom. The number of amides is 3. The molecular formula is C32H42N4O6S. The molecule has 0 spiro atoms. The lowest BCUT2D eigenvalue weighted by atomic mass is 10.1. The van der Waals surface area contributed by atoms with Crippen molar-refractivity contribution in [2.24, 2.45) is 0 Å². The number of nitrogens with one attached hydrogen (secondary N) is 2. The predicted octanol–water partition coefficient (Wildman–Crippen LogP) is 7.82. The second-order valence-electron chi connectivity index (χ2n) is 12.3. The number of ether oxygens (including phenoxy) is 3. The van der Waals surface area contributed by atoms with Crippen LogP contribution in [0.2, 0.25) is 0 Å². The van der Waals surface area contributed by atoms with E-state index in [9.17, 15) is 14.4 Å². The molecule has 11 heteroatoms. The molecule has 0 aliphatic heterocycles. The Balaban J connectivity index is 1.73. The van der Waals surface area contributed by atoms with Crippen LogP contribution in [0.5, 0.6) is 5.75 Å². The van der Waals surface area contributed by atoms with E-state index in [1.54, 1.807) is 71.9 Å². The number of anilines is 3. The minimum absolute atomic E-state index is 0.0800. The second kappa shape index (κ2) is 13.9. The van der Waals surface area contributed by atoms with Gasteiger partial charge in [-0.3, -0.25) is 15.0 Å². The quantitative estimate of drug-likeness (QED) is 0.253. The Labute approximate surface area is 257 Å². The van der Waals surface area contributed by atoms with Gasteiger partial charge >= 0.3 is 12.2 Å². The molecule has 43 heavy (non-hydrogen) atoms. The van der Waals surface area contributed by atoms with Crippen molar-refractivity contribution in [1.29, 1.82) is 0 Å². The number of aromatic nitrogens is 1. The Bertz CT molecular complexity index is 1420. The van der Waals surface area contributed by atoms with Crippen LogP contribution in [0.15, 0.2) is 47.8 Å². The lowest BCUT2D eigenvalue weighted by Crippen LogP contribution is -2.38. The van der Waals surface area contributed by atoms with Gasteiger partial charge in [-0.15, -0.1) is 11.3 Å². The van der Waals surface area contributed by atoms with Crippen LogP contribution >= 0.6 is 11.3 Å². The zero-order chi connectivity index (χ0) is 31.9. The molecule has 2 N–H and O–H groups in total. The van der Waals surface area contributed by atoms with Crippen LogP contribution < -0.4 is 20.3 Å². The number of rotatable bonds is 9. The summed E-state index contributed by atoms with van der Waals surface area (Å²) in [5, 5.41) is 7.77. The molecule has 0 atom stereocenters. The van der Waals surface area contributed by atoms with Crippen molar-refractivity contribution in [2.45, 2.75) is 86.0 Å². The van der Waals surface area contributed by atoms with Gasteiger partial charge in [-0.2, -0.15) is 0 Å². The molecule has 0 aliphatic rings. The number of aryl methyl sites for hydroxylation is 1. The summed E-state index contributed by atoms with van der Waals surface area (Å²) in [6, 6.07) is 12.4. The first kappa shape index (κ1) is 33.4. The maximum absolute atomic E-state index is 13.2. The largest absolute Gasteiger partial charge is 0.490 e. The zero-order valence-corrected chi connectivity index (χ0v) is 27.2. The summed E-state index contributed by atoms with van der Waals surface area (Å²) in [5.41, 5.74) is 1.96. The van der Waals surface area contributed by atoms with Crippen molar-refractivity contribution in [1.82, 2.24) is 4.98 Å². The molecule has 0 saturated carbocycles. The molecule has 0 radical (unpaired) electrons. The monoisotopic (exact) mass is 610 g/mol.